The molecule has 1 unspecified atom stereocenters. The first-order valence-electron chi connectivity index (χ1n) is 5.06. The van der Waals surface area contributed by atoms with Crippen LogP contribution in [0.5, 0.6) is 0 Å². The minimum absolute atomic E-state index is 0.230. The molecule has 0 radical (unpaired) electrons. The molecule has 0 aliphatic rings. The highest BCUT2D eigenvalue weighted by Crippen LogP contribution is 2.22. The molecule has 2 aromatic rings. The molecular weight excluding hydrogens is 220 g/mol. The van der Waals surface area contributed by atoms with Crippen molar-refractivity contribution in [2.45, 2.75) is 19.9 Å². The van der Waals surface area contributed by atoms with Gasteiger partial charge in [0.1, 0.15) is 17.5 Å². The van der Waals surface area contributed by atoms with E-state index in [1.165, 1.54) is 4.88 Å². The van der Waals surface area contributed by atoms with E-state index in [2.05, 4.69) is 33.7 Å². The van der Waals surface area contributed by atoms with Crippen LogP contribution in [0.3, 0.4) is 0 Å². The van der Waals surface area contributed by atoms with Gasteiger partial charge in [0.05, 0.1) is 6.04 Å². The number of nitrogen functional groups attached to an aromatic ring is 1. The Labute approximate surface area is 98.6 Å². The molecule has 0 saturated heterocycles. The van der Waals surface area contributed by atoms with Crippen LogP contribution in [0.2, 0.25) is 0 Å². The Balaban J connectivity index is 2.15. The van der Waals surface area contributed by atoms with Gasteiger partial charge < -0.3 is 11.1 Å². The predicted molar refractivity (Wildman–Crippen MR) is 67.5 cm³/mol. The Morgan fingerprint density at radius 2 is 2.25 bits per heavy atom. The Hall–Kier alpha value is -1.62. The molecule has 4 nitrogen and oxygen atoms in total. The zero-order valence-electron chi connectivity index (χ0n) is 9.27. The molecule has 3 N–H and O–H groups in total. The van der Waals surface area contributed by atoms with Crippen LogP contribution >= 0.6 is 11.3 Å². The average Bonchev–Trinajstić information content (AvgIpc) is 2.68. The summed E-state index contributed by atoms with van der Waals surface area (Å²) in [6.07, 6.45) is 0. The lowest BCUT2D eigenvalue weighted by molar-refractivity contribution is 0.888. The van der Waals surface area contributed by atoms with Crippen LogP contribution in [-0.2, 0) is 0 Å². The molecule has 0 amide bonds. The molecule has 16 heavy (non-hydrogen) atoms. The number of anilines is 2. The van der Waals surface area contributed by atoms with E-state index in [1.54, 1.807) is 17.4 Å². The number of hydrogen-bond acceptors (Lipinski definition) is 5. The molecule has 5 heteroatoms. The summed E-state index contributed by atoms with van der Waals surface area (Å²) in [4.78, 5) is 9.59. The predicted octanol–water partition coefficient (Wildman–Crippen LogP) is 2.60. The maximum Gasteiger partial charge on any atom is 0.132 e. The fourth-order valence-electron chi connectivity index (χ4n) is 1.50. The van der Waals surface area contributed by atoms with Gasteiger partial charge in [0.15, 0.2) is 0 Å². The van der Waals surface area contributed by atoms with E-state index in [9.17, 15) is 0 Å². The highest BCUT2D eigenvalue weighted by atomic mass is 32.1. The van der Waals surface area contributed by atoms with Crippen molar-refractivity contribution in [3.63, 3.8) is 0 Å². The number of aryl methyl sites for hydroxylation is 1. The Morgan fingerprint density at radius 1 is 1.44 bits per heavy atom. The van der Waals surface area contributed by atoms with Crippen LogP contribution in [-0.4, -0.2) is 9.97 Å². The summed E-state index contributed by atoms with van der Waals surface area (Å²) in [5, 5.41) is 5.37. The molecule has 0 aliphatic carbocycles. The summed E-state index contributed by atoms with van der Waals surface area (Å²) in [5.74, 6) is 1.94. The molecular formula is C11H14N4S. The fourth-order valence-corrected chi connectivity index (χ4v) is 2.23. The van der Waals surface area contributed by atoms with E-state index in [0.717, 1.165) is 5.82 Å². The number of rotatable bonds is 3. The molecule has 0 saturated carbocycles. The second-order valence-electron chi connectivity index (χ2n) is 3.61. The van der Waals surface area contributed by atoms with E-state index in [-0.39, 0.29) is 6.04 Å². The van der Waals surface area contributed by atoms with Gasteiger partial charge >= 0.3 is 0 Å². The molecule has 0 aliphatic heterocycles. The van der Waals surface area contributed by atoms with Gasteiger partial charge in [0, 0.05) is 10.9 Å². The van der Waals surface area contributed by atoms with E-state index in [4.69, 9.17) is 5.73 Å². The normalized spacial score (nSPS) is 12.4. The number of thiophene rings is 1. The zero-order chi connectivity index (χ0) is 11.5. The van der Waals surface area contributed by atoms with E-state index < -0.39 is 0 Å². The minimum Gasteiger partial charge on any atom is -0.384 e. The van der Waals surface area contributed by atoms with Gasteiger partial charge in [-0.3, -0.25) is 0 Å². The van der Waals surface area contributed by atoms with Gasteiger partial charge in [-0.2, -0.15) is 0 Å². The number of nitrogens with one attached hydrogen (secondary N) is 1. The zero-order valence-corrected chi connectivity index (χ0v) is 10.1. The average molecular weight is 234 g/mol. The smallest absolute Gasteiger partial charge is 0.132 e. The lowest BCUT2D eigenvalue weighted by atomic mass is 10.3. The maximum absolute atomic E-state index is 5.67. The van der Waals surface area contributed by atoms with Crippen molar-refractivity contribution in [3.05, 3.63) is 34.3 Å². The second kappa shape index (κ2) is 4.49. The largest absolute Gasteiger partial charge is 0.384 e. The summed E-state index contributed by atoms with van der Waals surface area (Å²) in [5.41, 5.74) is 5.67. The third-order valence-electron chi connectivity index (χ3n) is 2.19. The fraction of sp³-hybridized carbons (Fsp3) is 0.273. The molecule has 2 aromatic heterocycles. The van der Waals surface area contributed by atoms with Crippen molar-refractivity contribution in [2.75, 3.05) is 11.1 Å². The SMILES string of the molecule is Cc1nc(N)cc(NC(C)c2cccs2)n1. The molecule has 84 valence electrons. The topological polar surface area (TPSA) is 63.8 Å². The lowest BCUT2D eigenvalue weighted by Gasteiger charge is -2.13. The highest BCUT2D eigenvalue weighted by molar-refractivity contribution is 7.10. The van der Waals surface area contributed by atoms with E-state index in [1.807, 2.05) is 13.0 Å². The molecule has 0 aromatic carbocycles. The molecule has 0 fully saturated rings. The first-order valence-corrected chi connectivity index (χ1v) is 5.94. The van der Waals surface area contributed by atoms with Crippen molar-refractivity contribution >= 4 is 23.0 Å². The third kappa shape index (κ3) is 2.49. The van der Waals surface area contributed by atoms with Crippen molar-refractivity contribution < 1.29 is 0 Å². The van der Waals surface area contributed by atoms with Gasteiger partial charge in [0.2, 0.25) is 0 Å². The number of hydrogen-bond donors (Lipinski definition) is 2. The van der Waals surface area contributed by atoms with Crippen LogP contribution in [0, 0.1) is 6.92 Å². The number of nitrogens with two attached hydrogens (primary N) is 1. The Bertz CT molecular complexity index is 447. The minimum atomic E-state index is 0.230. The van der Waals surface area contributed by atoms with Crippen LogP contribution in [0.1, 0.15) is 23.7 Å². The summed E-state index contributed by atoms with van der Waals surface area (Å²) < 4.78 is 0. The molecule has 1 atom stereocenters. The van der Waals surface area contributed by atoms with Gasteiger partial charge in [-0.1, -0.05) is 6.07 Å². The van der Waals surface area contributed by atoms with Crippen LogP contribution < -0.4 is 11.1 Å². The lowest BCUT2D eigenvalue weighted by Crippen LogP contribution is -2.08. The molecule has 0 spiro atoms. The summed E-state index contributed by atoms with van der Waals surface area (Å²) in [7, 11) is 0. The molecule has 0 bridgehead atoms. The van der Waals surface area contributed by atoms with E-state index >= 15 is 0 Å². The van der Waals surface area contributed by atoms with Gasteiger partial charge in [-0.25, -0.2) is 9.97 Å². The summed E-state index contributed by atoms with van der Waals surface area (Å²) >= 11 is 1.72. The third-order valence-corrected chi connectivity index (χ3v) is 3.25. The highest BCUT2D eigenvalue weighted by Gasteiger charge is 2.07. The molecule has 2 rings (SSSR count). The number of nitrogens with zero attached hydrogens (tertiary/aromatic N) is 2. The second-order valence-corrected chi connectivity index (χ2v) is 4.59. The van der Waals surface area contributed by atoms with Crippen molar-refractivity contribution in [1.82, 2.24) is 9.97 Å². The monoisotopic (exact) mass is 234 g/mol. The standard InChI is InChI=1S/C11H14N4S/c1-7(9-4-3-5-16-9)13-11-6-10(12)14-8(2)15-11/h3-7H,1-2H3,(H3,12,13,14,15). The summed E-state index contributed by atoms with van der Waals surface area (Å²) in [6, 6.07) is 6.11. The van der Waals surface area contributed by atoms with E-state index in [0.29, 0.717) is 11.6 Å². The molecule has 2 heterocycles. The Kier molecular flexibility index (Phi) is 3.05. The quantitative estimate of drug-likeness (QED) is 0.856. The van der Waals surface area contributed by atoms with Gasteiger partial charge in [-0.15, -0.1) is 11.3 Å². The number of aromatic nitrogens is 2. The maximum atomic E-state index is 5.67. The van der Waals surface area contributed by atoms with Crippen molar-refractivity contribution in [3.8, 4) is 0 Å². The first-order chi connectivity index (χ1) is 7.65. The van der Waals surface area contributed by atoms with Crippen LogP contribution in [0.25, 0.3) is 0 Å². The van der Waals surface area contributed by atoms with Crippen molar-refractivity contribution in [2.24, 2.45) is 0 Å². The van der Waals surface area contributed by atoms with Crippen LogP contribution in [0.4, 0.5) is 11.6 Å². The van der Waals surface area contributed by atoms with Crippen molar-refractivity contribution in [1.29, 1.82) is 0 Å². The van der Waals surface area contributed by atoms with Gasteiger partial charge in [0.25, 0.3) is 0 Å². The first kappa shape index (κ1) is 10.9. The van der Waals surface area contributed by atoms with Crippen LogP contribution in [0.15, 0.2) is 23.6 Å². The van der Waals surface area contributed by atoms with Gasteiger partial charge in [-0.05, 0) is 25.3 Å². The Morgan fingerprint density at radius 3 is 2.88 bits per heavy atom. The summed E-state index contributed by atoms with van der Waals surface area (Å²) in [6.45, 7) is 3.93.